The van der Waals surface area contributed by atoms with Gasteiger partial charge in [-0.3, -0.25) is 0 Å². The van der Waals surface area contributed by atoms with Crippen LogP contribution < -0.4 is 31.3 Å². The van der Waals surface area contributed by atoms with Gasteiger partial charge < -0.3 is 0 Å². The fraction of sp³-hybridized carbons (Fsp3) is 0.188. The zero-order valence-corrected chi connectivity index (χ0v) is 39.6. The Morgan fingerprint density at radius 1 is 0.362 bits per heavy atom. The van der Waals surface area contributed by atoms with E-state index in [4.69, 9.17) is 0 Å². The Morgan fingerprint density at radius 2 is 0.812 bits per heavy atom. The molecular formula is C69H56. The SMILES string of the molecule is CC1(C)C2=C(CCC(C3=c4ccccc4=C(C4=CC=C(C5=c6ccccc6=C(C6=c7ccccc7=C(c7ccccc7)C7C=CC=CC67)CC5)C5C=CC=CC45)C4C=CC=CC34)=C2)c2ccccc21. The molecule has 69 heavy (non-hydrogen) atoms. The Labute approximate surface area is 406 Å². The summed E-state index contributed by atoms with van der Waals surface area (Å²) >= 11 is 0. The lowest BCUT2D eigenvalue weighted by atomic mass is 9.63. The smallest absolute Gasteiger partial charge is 0.0155 e. The normalized spacial score (nSPS) is 26.3. The summed E-state index contributed by atoms with van der Waals surface area (Å²) in [5.74, 6) is 1.59. The highest BCUT2D eigenvalue weighted by atomic mass is 14.5. The second-order valence-electron chi connectivity index (χ2n) is 21.1. The molecule has 0 aromatic heterocycles. The van der Waals surface area contributed by atoms with E-state index in [0.717, 1.165) is 25.7 Å². The first kappa shape index (κ1) is 40.8. The molecule has 5 aromatic carbocycles. The van der Waals surface area contributed by atoms with Gasteiger partial charge in [0.15, 0.2) is 0 Å². The molecule has 332 valence electrons. The van der Waals surface area contributed by atoms with Crippen LogP contribution >= 0.6 is 0 Å². The number of hydrogen-bond acceptors (Lipinski definition) is 0. The Hall–Kier alpha value is -7.28. The molecule has 0 spiro atoms. The number of fused-ring (bicyclic) bond motifs is 8. The lowest BCUT2D eigenvalue weighted by molar-refractivity contribution is 0.594. The van der Waals surface area contributed by atoms with Gasteiger partial charge in [-0.1, -0.05) is 232 Å². The van der Waals surface area contributed by atoms with Gasteiger partial charge in [0.1, 0.15) is 0 Å². The Bertz CT molecular complexity index is 3820. The zero-order chi connectivity index (χ0) is 45.8. The molecule has 9 aliphatic carbocycles. The van der Waals surface area contributed by atoms with E-state index in [-0.39, 0.29) is 40.9 Å². The third kappa shape index (κ3) is 6.14. The summed E-state index contributed by atoms with van der Waals surface area (Å²) in [5, 5.41) is 8.39. The van der Waals surface area contributed by atoms with Crippen molar-refractivity contribution < 1.29 is 0 Å². The van der Waals surface area contributed by atoms with Crippen molar-refractivity contribution >= 4 is 39.0 Å². The van der Waals surface area contributed by atoms with E-state index >= 15 is 0 Å². The lowest BCUT2D eigenvalue weighted by Gasteiger charge is -2.40. The molecule has 0 heteroatoms. The number of allylic oxidation sites excluding steroid dienone is 20. The highest BCUT2D eigenvalue weighted by Gasteiger charge is 2.42. The van der Waals surface area contributed by atoms with Gasteiger partial charge in [0.05, 0.1) is 0 Å². The molecule has 0 amide bonds. The minimum atomic E-state index is -0.00649. The van der Waals surface area contributed by atoms with E-state index in [2.05, 4.69) is 232 Å². The largest absolute Gasteiger partial charge is 0.0761 e. The summed E-state index contributed by atoms with van der Waals surface area (Å²) in [6.45, 7) is 4.87. The van der Waals surface area contributed by atoms with Crippen molar-refractivity contribution in [2.45, 2.75) is 44.9 Å². The maximum atomic E-state index is 2.62. The van der Waals surface area contributed by atoms with Gasteiger partial charge >= 0.3 is 0 Å². The van der Waals surface area contributed by atoms with Crippen molar-refractivity contribution in [1.82, 2.24) is 0 Å². The molecule has 0 N–H and O–H groups in total. The Morgan fingerprint density at radius 3 is 1.49 bits per heavy atom. The molecule has 14 rings (SSSR count). The number of rotatable bonds is 5. The molecule has 6 atom stereocenters. The number of hydrogen-bond donors (Lipinski definition) is 0. The molecule has 9 aliphatic rings. The summed E-state index contributed by atoms with van der Waals surface area (Å²) in [5.41, 5.74) is 20.8. The zero-order valence-electron chi connectivity index (χ0n) is 39.6. The highest BCUT2D eigenvalue weighted by Crippen LogP contribution is 2.54. The summed E-state index contributed by atoms with van der Waals surface area (Å²) < 4.78 is 0. The van der Waals surface area contributed by atoms with Crippen molar-refractivity contribution in [3.05, 3.63) is 289 Å². The molecule has 0 bridgehead atoms. The minimum absolute atomic E-state index is 0.00649. The van der Waals surface area contributed by atoms with Crippen LogP contribution in [0.1, 0.15) is 56.2 Å². The first-order valence-corrected chi connectivity index (χ1v) is 25.6. The van der Waals surface area contributed by atoms with Crippen LogP contribution in [-0.4, -0.2) is 0 Å². The van der Waals surface area contributed by atoms with Crippen molar-refractivity contribution in [2.75, 3.05) is 0 Å². The Balaban J connectivity index is 0.959. The van der Waals surface area contributed by atoms with Gasteiger partial charge in [-0.15, -0.1) is 0 Å². The number of benzene rings is 5. The molecule has 6 unspecified atom stereocenters. The molecule has 0 nitrogen and oxygen atoms in total. The molecule has 0 fully saturated rings. The van der Waals surface area contributed by atoms with Crippen molar-refractivity contribution in [3.8, 4) is 0 Å². The highest BCUT2D eigenvalue weighted by molar-refractivity contribution is 5.96. The Kier molecular flexibility index (Phi) is 9.39. The average Bonchev–Trinajstić information content (AvgIpc) is 3.64. The topological polar surface area (TPSA) is 0 Å². The predicted octanol–water partition coefficient (Wildman–Crippen LogP) is 11.3. The molecule has 0 saturated carbocycles. The van der Waals surface area contributed by atoms with E-state index in [0.29, 0.717) is 0 Å². The average molecular weight is 885 g/mol. The molecule has 5 aromatic rings. The first-order chi connectivity index (χ1) is 34.0. The van der Waals surface area contributed by atoms with Crippen LogP contribution in [0.2, 0.25) is 0 Å². The minimum Gasteiger partial charge on any atom is -0.0761 e. The summed E-state index contributed by atoms with van der Waals surface area (Å²) in [6.07, 6.45) is 40.7. The monoisotopic (exact) mass is 884 g/mol. The van der Waals surface area contributed by atoms with Gasteiger partial charge in [0, 0.05) is 40.9 Å². The lowest BCUT2D eigenvalue weighted by Crippen LogP contribution is -2.43. The first-order valence-electron chi connectivity index (χ1n) is 25.6. The molecule has 0 radical (unpaired) electrons. The fourth-order valence-corrected chi connectivity index (χ4v) is 14.5. The van der Waals surface area contributed by atoms with Crippen LogP contribution in [0.25, 0.3) is 39.0 Å². The third-order valence-electron chi connectivity index (χ3n) is 17.4. The quantitative estimate of drug-likeness (QED) is 0.165. The van der Waals surface area contributed by atoms with Crippen LogP contribution in [-0.2, 0) is 5.41 Å². The van der Waals surface area contributed by atoms with E-state index < -0.39 is 0 Å². The van der Waals surface area contributed by atoms with Gasteiger partial charge in [-0.2, -0.15) is 0 Å². The third-order valence-corrected chi connectivity index (χ3v) is 17.4. The van der Waals surface area contributed by atoms with Gasteiger partial charge in [0.25, 0.3) is 0 Å². The van der Waals surface area contributed by atoms with Gasteiger partial charge in [-0.25, -0.2) is 0 Å². The van der Waals surface area contributed by atoms with Crippen molar-refractivity contribution in [1.29, 1.82) is 0 Å². The van der Waals surface area contributed by atoms with E-state index in [1.54, 1.807) is 5.57 Å². The standard InChI is InChI=1S/C69H56/c1-69(2)63-35-19-18-26-51(63)52-37-36-44(42-64(52)69)66-55-29-12-16-33-59(55)68(60-34-17-13-30-56(60)66)62-41-39-50(46-23-7-9-25-48(46)62)49-38-40-61(47-24-8-6-22-45(47)49)67-57-31-14-10-27-53(57)65(43-20-4-3-5-21-43)54-28-11-15-32-58(54)67/h3-35,39,41-42,46,48,53,55,57,59H,36-38,40H2,1-2H3. The van der Waals surface area contributed by atoms with Crippen LogP contribution in [0.5, 0.6) is 0 Å². The fourth-order valence-electron chi connectivity index (χ4n) is 14.5. The summed E-state index contributed by atoms with van der Waals surface area (Å²) in [6, 6.07) is 48.3. The second-order valence-corrected chi connectivity index (χ2v) is 21.1. The van der Waals surface area contributed by atoms with Crippen molar-refractivity contribution in [2.24, 2.45) is 35.5 Å². The molecular weight excluding hydrogens is 829 g/mol. The van der Waals surface area contributed by atoms with Crippen LogP contribution in [0, 0.1) is 35.5 Å². The summed E-state index contributed by atoms with van der Waals surface area (Å²) in [7, 11) is 0. The molecule has 0 saturated heterocycles. The van der Waals surface area contributed by atoms with Crippen molar-refractivity contribution in [3.63, 3.8) is 0 Å². The van der Waals surface area contributed by atoms with Crippen LogP contribution in [0.15, 0.2) is 241 Å². The maximum absolute atomic E-state index is 2.62. The maximum Gasteiger partial charge on any atom is 0.0155 e. The van der Waals surface area contributed by atoms with Crippen LogP contribution in [0.3, 0.4) is 0 Å². The van der Waals surface area contributed by atoms with E-state index in [9.17, 15) is 0 Å². The van der Waals surface area contributed by atoms with Gasteiger partial charge in [-0.05, 0) is 135 Å². The second kappa shape index (κ2) is 15.9. The van der Waals surface area contributed by atoms with Crippen LogP contribution in [0.4, 0.5) is 0 Å². The summed E-state index contributed by atoms with van der Waals surface area (Å²) in [4.78, 5) is 0. The predicted molar refractivity (Wildman–Crippen MR) is 288 cm³/mol. The molecule has 0 heterocycles. The molecule has 0 aliphatic heterocycles. The van der Waals surface area contributed by atoms with E-state index in [1.807, 2.05) is 0 Å². The van der Waals surface area contributed by atoms with Gasteiger partial charge in [0.2, 0.25) is 0 Å². The van der Waals surface area contributed by atoms with E-state index in [1.165, 1.54) is 104 Å².